The third-order valence-corrected chi connectivity index (χ3v) is 4.78. The minimum absolute atomic E-state index is 0.253. The second-order valence-corrected chi connectivity index (χ2v) is 6.69. The lowest BCUT2D eigenvalue weighted by molar-refractivity contribution is -0.145. The van der Waals surface area contributed by atoms with Gasteiger partial charge in [0.25, 0.3) is 0 Å². The van der Waals surface area contributed by atoms with Crippen LogP contribution in [0.3, 0.4) is 0 Å². The molecule has 142 valence electrons. The van der Waals surface area contributed by atoms with Crippen LogP contribution in [-0.2, 0) is 14.3 Å². The van der Waals surface area contributed by atoms with Crippen LogP contribution in [0.4, 0.5) is 0 Å². The number of rotatable bonds is 6. The van der Waals surface area contributed by atoms with E-state index in [9.17, 15) is 9.59 Å². The molecule has 26 heavy (non-hydrogen) atoms. The summed E-state index contributed by atoms with van der Waals surface area (Å²) in [4.78, 5) is 30.2. The monoisotopic (exact) mass is 359 g/mol. The van der Waals surface area contributed by atoms with Crippen molar-refractivity contribution < 1.29 is 14.3 Å². The summed E-state index contributed by atoms with van der Waals surface area (Å²) >= 11 is 0. The van der Waals surface area contributed by atoms with E-state index in [4.69, 9.17) is 4.74 Å². The van der Waals surface area contributed by atoms with E-state index in [1.54, 1.807) is 13.0 Å². The molecule has 6 heteroatoms. The van der Waals surface area contributed by atoms with Gasteiger partial charge in [-0.1, -0.05) is 25.8 Å². The first-order valence-corrected chi connectivity index (χ1v) is 9.28. The number of nitrogens with zero attached hydrogens (tertiary/aromatic N) is 2. The van der Waals surface area contributed by atoms with Gasteiger partial charge in [-0.3, -0.25) is 9.59 Å². The lowest BCUT2D eigenvalue weighted by Gasteiger charge is -2.35. The molecule has 1 saturated carbocycles. The molecule has 0 radical (unpaired) electrons. The van der Waals surface area contributed by atoms with Gasteiger partial charge in [0.2, 0.25) is 5.91 Å². The van der Waals surface area contributed by atoms with Crippen molar-refractivity contribution >= 4 is 18.1 Å². The third kappa shape index (κ3) is 4.84. The molecule has 1 amide bonds. The number of carbonyl (C=O) groups excluding carboxylic acids is 2. The average Bonchev–Trinajstić information content (AvgIpc) is 2.61. The summed E-state index contributed by atoms with van der Waals surface area (Å²) in [6.45, 7) is 7.83. The van der Waals surface area contributed by atoms with Crippen LogP contribution in [0.5, 0.6) is 0 Å². The minimum atomic E-state index is -0.544. The highest BCUT2D eigenvalue weighted by Crippen LogP contribution is 2.36. The smallest absolute Gasteiger partial charge is 0.315 e. The SMILES string of the molecule is C=C/C(NC(=O)CC(=O)OCC)=C1/N=CC(C)=C(C2CCCCC2)N1C. The Morgan fingerprint density at radius 2 is 2.08 bits per heavy atom. The van der Waals surface area contributed by atoms with Crippen molar-refractivity contribution in [1.29, 1.82) is 0 Å². The Morgan fingerprint density at radius 3 is 2.69 bits per heavy atom. The maximum Gasteiger partial charge on any atom is 0.315 e. The lowest BCUT2D eigenvalue weighted by atomic mass is 9.84. The molecule has 0 aromatic heterocycles. The van der Waals surface area contributed by atoms with Crippen molar-refractivity contribution in [2.75, 3.05) is 13.7 Å². The Labute approximate surface area is 155 Å². The first-order valence-electron chi connectivity index (χ1n) is 9.28. The van der Waals surface area contributed by atoms with Crippen LogP contribution in [0.1, 0.15) is 52.4 Å². The van der Waals surface area contributed by atoms with E-state index in [1.807, 2.05) is 18.2 Å². The van der Waals surface area contributed by atoms with E-state index >= 15 is 0 Å². The lowest BCUT2D eigenvalue weighted by Crippen LogP contribution is -2.32. The van der Waals surface area contributed by atoms with Crippen LogP contribution in [0.25, 0.3) is 0 Å². The molecule has 1 N–H and O–H groups in total. The van der Waals surface area contributed by atoms with E-state index < -0.39 is 11.9 Å². The van der Waals surface area contributed by atoms with Crippen LogP contribution in [0, 0.1) is 5.92 Å². The van der Waals surface area contributed by atoms with Crippen molar-refractivity contribution in [3.63, 3.8) is 0 Å². The van der Waals surface area contributed by atoms with Crippen molar-refractivity contribution in [2.24, 2.45) is 10.9 Å². The number of carbonyl (C=O) groups is 2. The second-order valence-electron chi connectivity index (χ2n) is 6.69. The normalized spacial score (nSPS) is 20.0. The zero-order valence-corrected chi connectivity index (χ0v) is 16.0. The standard InChI is InChI=1S/C20H29N3O3/c1-5-16(22-17(24)12-18(25)26-6-2)20-21-13-14(3)19(23(20)4)15-10-8-7-9-11-15/h5,13,15H,1,6-12H2,2-4H3,(H,22,24)/b20-16+. The predicted molar refractivity (Wildman–Crippen MR) is 102 cm³/mol. The zero-order chi connectivity index (χ0) is 19.1. The van der Waals surface area contributed by atoms with E-state index in [0.29, 0.717) is 17.4 Å². The molecule has 6 nitrogen and oxygen atoms in total. The summed E-state index contributed by atoms with van der Waals surface area (Å²) in [5.74, 6) is 0.178. The zero-order valence-electron chi connectivity index (χ0n) is 16.0. The first kappa shape index (κ1) is 19.9. The molecule has 1 aliphatic heterocycles. The van der Waals surface area contributed by atoms with Crippen LogP contribution in [-0.4, -0.2) is 36.6 Å². The molecular formula is C20H29N3O3. The third-order valence-electron chi connectivity index (χ3n) is 4.78. The van der Waals surface area contributed by atoms with Crippen molar-refractivity contribution in [1.82, 2.24) is 10.2 Å². The van der Waals surface area contributed by atoms with Crippen LogP contribution in [0.2, 0.25) is 0 Å². The molecule has 0 aromatic carbocycles. The summed E-state index contributed by atoms with van der Waals surface area (Å²) < 4.78 is 4.82. The fourth-order valence-electron chi connectivity index (χ4n) is 3.65. The molecule has 2 aliphatic rings. The molecule has 1 fully saturated rings. The van der Waals surface area contributed by atoms with Gasteiger partial charge >= 0.3 is 5.97 Å². The molecule has 2 rings (SSSR count). The largest absolute Gasteiger partial charge is 0.466 e. The second kappa shape index (κ2) is 9.36. The molecule has 0 aromatic rings. The van der Waals surface area contributed by atoms with Gasteiger partial charge in [0.15, 0.2) is 5.82 Å². The molecule has 0 unspecified atom stereocenters. The van der Waals surface area contributed by atoms with Crippen molar-refractivity contribution in [3.05, 3.63) is 35.4 Å². The predicted octanol–water partition coefficient (Wildman–Crippen LogP) is 3.28. The maximum atomic E-state index is 12.1. The van der Waals surface area contributed by atoms with Gasteiger partial charge in [-0.25, -0.2) is 4.99 Å². The van der Waals surface area contributed by atoms with E-state index in [0.717, 1.165) is 5.57 Å². The Kier molecular flexibility index (Phi) is 7.18. The number of amides is 1. The highest BCUT2D eigenvalue weighted by molar-refractivity contribution is 5.95. The summed E-state index contributed by atoms with van der Waals surface area (Å²) in [7, 11) is 1.97. The van der Waals surface area contributed by atoms with E-state index in [2.05, 4.69) is 23.8 Å². The molecule has 0 atom stereocenters. The van der Waals surface area contributed by atoms with E-state index in [-0.39, 0.29) is 13.0 Å². The van der Waals surface area contributed by atoms with Crippen molar-refractivity contribution in [3.8, 4) is 0 Å². The quantitative estimate of drug-likeness (QED) is 0.583. The minimum Gasteiger partial charge on any atom is -0.466 e. The Hall–Kier alpha value is -2.37. The highest BCUT2D eigenvalue weighted by Gasteiger charge is 2.27. The Balaban J connectivity index is 2.18. The molecular weight excluding hydrogens is 330 g/mol. The Morgan fingerprint density at radius 1 is 1.38 bits per heavy atom. The molecule has 0 saturated heterocycles. The van der Waals surface area contributed by atoms with Crippen LogP contribution in [0.15, 0.2) is 40.4 Å². The van der Waals surface area contributed by atoms with Crippen LogP contribution < -0.4 is 5.32 Å². The van der Waals surface area contributed by atoms with Gasteiger partial charge in [-0.15, -0.1) is 0 Å². The number of esters is 1. The van der Waals surface area contributed by atoms with Gasteiger partial charge in [0.1, 0.15) is 6.42 Å². The summed E-state index contributed by atoms with van der Waals surface area (Å²) in [6.07, 6.45) is 9.23. The fraction of sp³-hybridized carbons (Fsp3) is 0.550. The maximum absolute atomic E-state index is 12.1. The summed E-state index contributed by atoms with van der Waals surface area (Å²) in [5.41, 5.74) is 2.91. The van der Waals surface area contributed by atoms with Crippen molar-refractivity contribution in [2.45, 2.75) is 52.4 Å². The van der Waals surface area contributed by atoms with Crippen LogP contribution >= 0.6 is 0 Å². The fourth-order valence-corrected chi connectivity index (χ4v) is 3.65. The highest BCUT2D eigenvalue weighted by atomic mass is 16.5. The van der Waals surface area contributed by atoms with E-state index in [1.165, 1.54) is 37.8 Å². The Bertz CT molecular complexity index is 655. The molecule has 0 bridgehead atoms. The topological polar surface area (TPSA) is 71.0 Å². The molecule has 1 heterocycles. The number of aliphatic imine (C=N–C) groups is 1. The first-order chi connectivity index (χ1) is 12.5. The number of ether oxygens (including phenoxy) is 1. The van der Waals surface area contributed by atoms with Gasteiger partial charge in [-0.2, -0.15) is 0 Å². The number of allylic oxidation sites excluding steroid dienone is 3. The van der Waals surface area contributed by atoms with Gasteiger partial charge < -0.3 is 15.0 Å². The molecule has 0 spiro atoms. The molecule has 1 aliphatic carbocycles. The number of hydrogen-bond acceptors (Lipinski definition) is 5. The van der Waals surface area contributed by atoms with Gasteiger partial charge in [0, 0.05) is 19.0 Å². The van der Waals surface area contributed by atoms with Gasteiger partial charge in [0.05, 0.1) is 12.3 Å². The number of hydrogen-bond donors (Lipinski definition) is 1. The summed E-state index contributed by atoms with van der Waals surface area (Å²) in [5, 5.41) is 2.74. The number of nitrogens with one attached hydrogen (secondary N) is 1. The van der Waals surface area contributed by atoms with Gasteiger partial charge in [-0.05, 0) is 44.3 Å². The summed E-state index contributed by atoms with van der Waals surface area (Å²) in [6, 6.07) is 0. The average molecular weight is 359 g/mol.